The lowest BCUT2D eigenvalue weighted by Crippen LogP contribution is -2.29. The highest BCUT2D eigenvalue weighted by atomic mass is 16.6. The highest BCUT2D eigenvalue weighted by Gasteiger charge is 2.37. The average Bonchev–Trinajstić information content (AvgIpc) is 3.07. The zero-order chi connectivity index (χ0) is 16.7. The molecule has 0 saturated heterocycles. The fourth-order valence-corrected chi connectivity index (χ4v) is 2.34. The fourth-order valence-electron chi connectivity index (χ4n) is 2.34. The number of nitro benzene ring substituents is 1. The van der Waals surface area contributed by atoms with Crippen molar-refractivity contribution in [2.45, 2.75) is 26.3 Å². The summed E-state index contributed by atoms with van der Waals surface area (Å²) >= 11 is 0. The van der Waals surface area contributed by atoms with Crippen molar-refractivity contribution < 1.29 is 18.9 Å². The minimum Gasteiger partial charge on any atom is -0.443 e. The van der Waals surface area contributed by atoms with Gasteiger partial charge in [-0.15, -0.1) is 0 Å². The van der Waals surface area contributed by atoms with E-state index in [0.29, 0.717) is 5.76 Å². The molecule has 0 fully saturated rings. The molecule has 0 atom stereocenters. The molecule has 8 heteroatoms. The summed E-state index contributed by atoms with van der Waals surface area (Å²) in [4.78, 5) is 39.9. The van der Waals surface area contributed by atoms with Crippen LogP contribution in [0.3, 0.4) is 0 Å². The Morgan fingerprint density at radius 3 is 2.57 bits per heavy atom. The smallest absolute Gasteiger partial charge is 0.270 e. The number of hydrogen-bond acceptors (Lipinski definition) is 6. The molecule has 1 aromatic carbocycles. The summed E-state index contributed by atoms with van der Waals surface area (Å²) in [6.45, 7) is 3.77. The monoisotopic (exact) mass is 315 g/mol. The van der Waals surface area contributed by atoms with Gasteiger partial charge in [0.2, 0.25) is 5.89 Å². The maximum absolute atomic E-state index is 12.3. The number of carbonyl (C=O) groups is 2. The van der Waals surface area contributed by atoms with E-state index in [-0.39, 0.29) is 35.2 Å². The van der Waals surface area contributed by atoms with Crippen molar-refractivity contribution in [1.82, 2.24) is 9.88 Å². The highest BCUT2D eigenvalue weighted by molar-refractivity contribution is 6.21. The number of imide groups is 1. The zero-order valence-corrected chi connectivity index (χ0v) is 12.5. The molecule has 23 heavy (non-hydrogen) atoms. The van der Waals surface area contributed by atoms with Crippen molar-refractivity contribution in [2.24, 2.45) is 0 Å². The van der Waals surface area contributed by atoms with Crippen molar-refractivity contribution in [2.75, 3.05) is 0 Å². The van der Waals surface area contributed by atoms with Crippen LogP contribution in [0.4, 0.5) is 5.69 Å². The highest BCUT2D eigenvalue weighted by Crippen LogP contribution is 2.28. The van der Waals surface area contributed by atoms with E-state index >= 15 is 0 Å². The van der Waals surface area contributed by atoms with Gasteiger partial charge in [0, 0.05) is 18.1 Å². The lowest BCUT2D eigenvalue weighted by molar-refractivity contribution is -0.384. The van der Waals surface area contributed by atoms with E-state index in [1.54, 1.807) is 6.20 Å². The second-order valence-corrected chi connectivity index (χ2v) is 5.49. The summed E-state index contributed by atoms with van der Waals surface area (Å²) in [5.74, 6) is -0.0479. The van der Waals surface area contributed by atoms with Crippen molar-refractivity contribution in [1.29, 1.82) is 0 Å². The zero-order valence-electron chi connectivity index (χ0n) is 12.5. The summed E-state index contributed by atoms with van der Waals surface area (Å²) in [6, 6.07) is 3.61. The molecule has 2 heterocycles. The Kier molecular flexibility index (Phi) is 3.44. The van der Waals surface area contributed by atoms with Crippen LogP contribution in [-0.2, 0) is 6.54 Å². The van der Waals surface area contributed by atoms with E-state index in [9.17, 15) is 19.7 Å². The molecule has 1 aromatic heterocycles. The van der Waals surface area contributed by atoms with Gasteiger partial charge in [0.05, 0.1) is 22.2 Å². The lowest BCUT2D eigenvalue weighted by atomic mass is 10.1. The summed E-state index contributed by atoms with van der Waals surface area (Å²) in [6.07, 6.45) is 1.56. The first-order valence-electron chi connectivity index (χ1n) is 6.97. The van der Waals surface area contributed by atoms with Crippen LogP contribution in [0, 0.1) is 10.1 Å². The van der Waals surface area contributed by atoms with Crippen molar-refractivity contribution in [3.8, 4) is 0 Å². The third kappa shape index (κ3) is 2.48. The number of hydrogen-bond donors (Lipinski definition) is 0. The van der Waals surface area contributed by atoms with Gasteiger partial charge in [-0.2, -0.15) is 0 Å². The first-order valence-corrected chi connectivity index (χ1v) is 6.97. The Labute approximate surface area is 130 Å². The number of benzene rings is 1. The molecule has 0 N–H and O–H groups in total. The van der Waals surface area contributed by atoms with E-state index in [1.807, 2.05) is 13.8 Å². The van der Waals surface area contributed by atoms with E-state index in [4.69, 9.17) is 4.42 Å². The quantitative estimate of drug-likeness (QED) is 0.487. The topological polar surface area (TPSA) is 107 Å². The number of nitrogens with zero attached hydrogens (tertiary/aromatic N) is 3. The first kappa shape index (κ1) is 14.9. The van der Waals surface area contributed by atoms with Crippen LogP contribution < -0.4 is 0 Å². The van der Waals surface area contributed by atoms with Crippen LogP contribution in [-0.4, -0.2) is 26.6 Å². The second kappa shape index (κ2) is 5.31. The SMILES string of the molecule is CC(C)c1cnc(CN2C(=O)c3ccc([N+](=O)[O-])cc3C2=O)o1. The molecule has 0 unspecified atom stereocenters. The van der Waals surface area contributed by atoms with E-state index < -0.39 is 16.7 Å². The molecule has 1 aliphatic rings. The summed E-state index contributed by atoms with van der Waals surface area (Å²) in [5, 5.41) is 10.8. The number of amides is 2. The molecule has 0 radical (unpaired) electrons. The van der Waals surface area contributed by atoms with Gasteiger partial charge < -0.3 is 4.42 Å². The second-order valence-electron chi connectivity index (χ2n) is 5.49. The molecule has 2 amide bonds. The number of oxazole rings is 1. The maximum Gasteiger partial charge on any atom is 0.270 e. The normalized spacial score (nSPS) is 13.8. The average molecular weight is 315 g/mol. The standard InChI is InChI=1S/C15H13N3O5/c1-8(2)12-6-16-13(23-12)7-17-14(19)10-4-3-9(18(21)22)5-11(10)15(17)20/h3-6,8H,7H2,1-2H3. The Morgan fingerprint density at radius 2 is 1.96 bits per heavy atom. The Bertz CT molecular complexity index is 824. The number of fused-ring (bicyclic) bond motifs is 1. The predicted octanol–water partition coefficient (Wildman–Crippen LogP) is 2.50. The van der Waals surface area contributed by atoms with Crippen LogP contribution in [0.2, 0.25) is 0 Å². The maximum atomic E-state index is 12.3. The third-order valence-electron chi connectivity index (χ3n) is 3.60. The molecule has 3 rings (SSSR count). The fraction of sp³-hybridized carbons (Fsp3) is 0.267. The molecule has 2 aromatic rings. The van der Waals surface area contributed by atoms with Crippen LogP contribution in [0.1, 0.15) is 52.1 Å². The van der Waals surface area contributed by atoms with E-state index in [0.717, 1.165) is 11.0 Å². The minimum atomic E-state index is -0.607. The van der Waals surface area contributed by atoms with Gasteiger partial charge in [-0.25, -0.2) is 4.98 Å². The molecular formula is C15H13N3O5. The number of carbonyl (C=O) groups excluding carboxylic acids is 2. The third-order valence-corrected chi connectivity index (χ3v) is 3.60. The summed E-state index contributed by atoms with van der Waals surface area (Å²) in [5.41, 5.74) is -0.0546. The Hall–Kier alpha value is -3.03. The molecule has 0 bridgehead atoms. The molecule has 0 saturated carbocycles. The largest absolute Gasteiger partial charge is 0.443 e. The number of aromatic nitrogens is 1. The van der Waals surface area contributed by atoms with Crippen LogP contribution in [0.15, 0.2) is 28.8 Å². The first-order chi connectivity index (χ1) is 10.9. The molecular weight excluding hydrogens is 302 g/mol. The van der Waals surface area contributed by atoms with Gasteiger partial charge in [-0.05, 0) is 6.07 Å². The predicted molar refractivity (Wildman–Crippen MR) is 77.9 cm³/mol. The van der Waals surface area contributed by atoms with Crippen molar-refractivity contribution in [3.05, 3.63) is 57.3 Å². The molecule has 8 nitrogen and oxygen atoms in total. The van der Waals surface area contributed by atoms with Gasteiger partial charge in [-0.3, -0.25) is 24.6 Å². The molecule has 0 spiro atoms. The minimum absolute atomic E-state index is 0.0276. The van der Waals surface area contributed by atoms with Gasteiger partial charge in [0.1, 0.15) is 12.3 Å². The van der Waals surface area contributed by atoms with Gasteiger partial charge in [0.15, 0.2) is 0 Å². The van der Waals surface area contributed by atoms with E-state index in [2.05, 4.69) is 4.98 Å². The molecule has 1 aliphatic heterocycles. The number of nitro groups is 1. The summed E-state index contributed by atoms with van der Waals surface area (Å²) < 4.78 is 5.50. The lowest BCUT2D eigenvalue weighted by Gasteiger charge is -2.10. The van der Waals surface area contributed by atoms with Crippen molar-refractivity contribution >= 4 is 17.5 Å². The van der Waals surface area contributed by atoms with Crippen LogP contribution in [0.5, 0.6) is 0 Å². The van der Waals surface area contributed by atoms with Crippen LogP contribution in [0.25, 0.3) is 0 Å². The Balaban J connectivity index is 1.89. The van der Waals surface area contributed by atoms with Crippen molar-refractivity contribution in [3.63, 3.8) is 0 Å². The van der Waals surface area contributed by atoms with Gasteiger partial charge in [-0.1, -0.05) is 13.8 Å². The number of non-ortho nitro benzene ring substituents is 1. The van der Waals surface area contributed by atoms with Gasteiger partial charge in [0.25, 0.3) is 17.5 Å². The summed E-state index contributed by atoms with van der Waals surface area (Å²) in [7, 11) is 0. The van der Waals surface area contributed by atoms with E-state index in [1.165, 1.54) is 12.1 Å². The molecule has 0 aliphatic carbocycles. The molecule has 118 valence electrons. The Morgan fingerprint density at radius 1 is 1.26 bits per heavy atom. The number of rotatable bonds is 4. The van der Waals surface area contributed by atoms with Gasteiger partial charge >= 0.3 is 0 Å². The van der Waals surface area contributed by atoms with Crippen LogP contribution >= 0.6 is 0 Å².